The predicted octanol–water partition coefficient (Wildman–Crippen LogP) is 3.84. The first-order chi connectivity index (χ1) is 13.5. The maximum Gasteiger partial charge on any atom is 0.226 e. The van der Waals surface area contributed by atoms with Gasteiger partial charge in [0.2, 0.25) is 5.89 Å². The Morgan fingerprint density at radius 2 is 1.90 bits per heavy atom. The van der Waals surface area contributed by atoms with Gasteiger partial charge in [0.05, 0.1) is 17.9 Å². The van der Waals surface area contributed by atoms with E-state index in [1.54, 1.807) is 13.3 Å². The highest BCUT2D eigenvalue weighted by molar-refractivity contribution is 14.0. The molecule has 7 nitrogen and oxygen atoms in total. The summed E-state index contributed by atoms with van der Waals surface area (Å²) in [7, 11) is 1.76. The molecule has 29 heavy (non-hydrogen) atoms. The van der Waals surface area contributed by atoms with Crippen LogP contribution in [0.2, 0.25) is 0 Å². The smallest absolute Gasteiger partial charge is 0.226 e. The number of halogens is 1. The van der Waals surface area contributed by atoms with Gasteiger partial charge in [-0.2, -0.15) is 5.10 Å². The number of aryl methyl sites for hydroxylation is 4. The summed E-state index contributed by atoms with van der Waals surface area (Å²) in [6.45, 7) is 8.40. The lowest BCUT2D eigenvalue weighted by atomic mass is 10.1. The molecule has 1 aromatic carbocycles. The molecule has 0 radical (unpaired) electrons. The third-order valence-electron chi connectivity index (χ3n) is 4.45. The van der Waals surface area contributed by atoms with Gasteiger partial charge in [-0.05, 0) is 45.4 Å². The summed E-state index contributed by atoms with van der Waals surface area (Å²) < 4.78 is 7.63. The first-order valence-electron chi connectivity index (χ1n) is 9.52. The van der Waals surface area contributed by atoms with E-state index in [0.29, 0.717) is 12.4 Å². The van der Waals surface area contributed by atoms with Crippen molar-refractivity contribution in [3.8, 4) is 11.5 Å². The van der Waals surface area contributed by atoms with Gasteiger partial charge in [-0.15, -0.1) is 24.0 Å². The maximum atomic E-state index is 5.60. The Bertz CT molecular complexity index is 929. The van der Waals surface area contributed by atoms with E-state index in [2.05, 4.69) is 57.8 Å². The Labute approximate surface area is 189 Å². The van der Waals surface area contributed by atoms with Crippen molar-refractivity contribution in [1.82, 2.24) is 25.4 Å². The SMILES string of the molecule is CN=C(NCCCn1nc(C)cc1C)NCc1coc(-c2ccc(C)cc2)n1.I. The third kappa shape index (κ3) is 6.59. The minimum Gasteiger partial charge on any atom is -0.444 e. The largest absolute Gasteiger partial charge is 0.444 e. The van der Waals surface area contributed by atoms with Crippen molar-refractivity contribution in [2.75, 3.05) is 13.6 Å². The van der Waals surface area contributed by atoms with Gasteiger partial charge in [-0.1, -0.05) is 17.7 Å². The fraction of sp³-hybridized carbons (Fsp3) is 0.381. The van der Waals surface area contributed by atoms with Crippen LogP contribution in [0.15, 0.2) is 46.0 Å². The van der Waals surface area contributed by atoms with Crippen molar-refractivity contribution in [2.24, 2.45) is 4.99 Å². The Morgan fingerprint density at radius 1 is 1.14 bits per heavy atom. The van der Waals surface area contributed by atoms with E-state index in [0.717, 1.165) is 42.4 Å². The van der Waals surface area contributed by atoms with Crippen LogP contribution in [0.4, 0.5) is 0 Å². The second-order valence-corrected chi connectivity index (χ2v) is 6.87. The zero-order valence-electron chi connectivity index (χ0n) is 17.4. The Hall–Kier alpha value is -2.36. The maximum absolute atomic E-state index is 5.60. The van der Waals surface area contributed by atoms with Gasteiger partial charge < -0.3 is 15.1 Å². The normalized spacial score (nSPS) is 11.2. The number of hydrogen-bond acceptors (Lipinski definition) is 4. The number of hydrogen-bond donors (Lipinski definition) is 2. The van der Waals surface area contributed by atoms with Crippen molar-refractivity contribution in [1.29, 1.82) is 0 Å². The first kappa shape index (κ1) is 22.9. The molecule has 8 heteroatoms. The molecule has 2 aromatic heterocycles. The second-order valence-electron chi connectivity index (χ2n) is 6.87. The van der Waals surface area contributed by atoms with E-state index < -0.39 is 0 Å². The molecule has 3 rings (SSSR count). The van der Waals surface area contributed by atoms with Gasteiger partial charge >= 0.3 is 0 Å². The topological polar surface area (TPSA) is 80.3 Å². The summed E-state index contributed by atoms with van der Waals surface area (Å²) in [5, 5.41) is 11.1. The summed E-state index contributed by atoms with van der Waals surface area (Å²) in [5.41, 5.74) is 5.27. The minimum atomic E-state index is 0. The number of nitrogens with zero attached hydrogens (tertiary/aromatic N) is 4. The van der Waals surface area contributed by atoms with Crippen LogP contribution in [0.1, 0.15) is 29.1 Å². The highest BCUT2D eigenvalue weighted by Crippen LogP contribution is 2.18. The average Bonchev–Trinajstić information content (AvgIpc) is 3.28. The molecule has 0 spiro atoms. The average molecular weight is 508 g/mol. The molecular weight excluding hydrogens is 479 g/mol. The molecule has 0 aliphatic rings. The van der Waals surface area contributed by atoms with Crippen molar-refractivity contribution in [3.05, 3.63) is 59.2 Å². The summed E-state index contributed by atoms with van der Waals surface area (Å²) in [6, 6.07) is 10.2. The van der Waals surface area contributed by atoms with E-state index in [1.165, 1.54) is 11.3 Å². The molecule has 156 valence electrons. The highest BCUT2D eigenvalue weighted by Gasteiger charge is 2.07. The molecule has 2 heterocycles. The van der Waals surface area contributed by atoms with E-state index in [1.807, 2.05) is 23.7 Å². The quantitative estimate of drug-likeness (QED) is 0.220. The Kier molecular flexibility index (Phi) is 8.69. The molecular formula is C21H29IN6O. The van der Waals surface area contributed by atoms with Gasteiger partial charge in [0.15, 0.2) is 5.96 Å². The van der Waals surface area contributed by atoms with Crippen LogP contribution < -0.4 is 10.6 Å². The number of benzene rings is 1. The third-order valence-corrected chi connectivity index (χ3v) is 4.45. The molecule has 0 fully saturated rings. The lowest BCUT2D eigenvalue weighted by molar-refractivity contribution is 0.555. The second kappa shape index (κ2) is 11.0. The van der Waals surface area contributed by atoms with E-state index in [4.69, 9.17) is 4.42 Å². The molecule has 0 aliphatic heterocycles. The first-order valence-corrected chi connectivity index (χ1v) is 9.52. The van der Waals surface area contributed by atoms with Crippen LogP contribution in [0, 0.1) is 20.8 Å². The predicted molar refractivity (Wildman–Crippen MR) is 127 cm³/mol. The summed E-state index contributed by atoms with van der Waals surface area (Å²) in [6.07, 6.45) is 2.64. The van der Waals surface area contributed by atoms with E-state index in [9.17, 15) is 0 Å². The monoisotopic (exact) mass is 508 g/mol. The standard InChI is InChI=1S/C21H28N6O.HI/c1-15-6-8-18(9-7-15)20-25-19(14-28-20)13-24-21(22-4)23-10-5-11-27-17(3)12-16(2)26-27;/h6-9,12,14H,5,10-11,13H2,1-4H3,(H2,22,23,24);1H. The molecule has 2 N–H and O–H groups in total. The Balaban J connectivity index is 0.00000300. The molecule has 0 saturated heterocycles. The molecule has 0 atom stereocenters. The van der Waals surface area contributed by atoms with Crippen molar-refractivity contribution >= 4 is 29.9 Å². The molecule has 0 unspecified atom stereocenters. The molecule has 0 aliphatic carbocycles. The van der Waals surface area contributed by atoms with Gasteiger partial charge in [0.1, 0.15) is 6.26 Å². The number of rotatable bonds is 7. The van der Waals surface area contributed by atoms with Crippen molar-refractivity contribution < 1.29 is 4.42 Å². The van der Waals surface area contributed by atoms with Crippen LogP contribution in [0.3, 0.4) is 0 Å². The van der Waals surface area contributed by atoms with Crippen LogP contribution in [0.25, 0.3) is 11.5 Å². The van der Waals surface area contributed by atoms with Crippen LogP contribution in [-0.2, 0) is 13.1 Å². The van der Waals surface area contributed by atoms with Crippen LogP contribution in [-0.4, -0.2) is 34.3 Å². The highest BCUT2D eigenvalue weighted by atomic mass is 127. The molecule has 3 aromatic rings. The van der Waals surface area contributed by atoms with Crippen molar-refractivity contribution in [2.45, 2.75) is 40.3 Å². The lowest BCUT2D eigenvalue weighted by Gasteiger charge is -2.11. The van der Waals surface area contributed by atoms with Gasteiger partial charge in [0.25, 0.3) is 0 Å². The number of oxazole rings is 1. The molecule has 0 amide bonds. The van der Waals surface area contributed by atoms with Crippen LogP contribution in [0.5, 0.6) is 0 Å². The van der Waals surface area contributed by atoms with Crippen molar-refractivity contribution in [3.63, 3.8) is 0 Å². The lowest BCUT2D eigenvalue weighted by Crippen LogP contribution is -2.37. The minimum absolute atomic E-state index is 0. The summed E-state index contributed by atoms with van der Waals surface area (Å²) >= 11 is 0. The fourth-order valence-electron chi connectivity index (χ4n) is 2.95. The number of aromatic nitrogens is 3. The van der Waals surface area contributed by atoms with Gasteiger partial charge in [-0.3, -0.25) is 9.67 Å². The van der Waals surface area contributed by atoms with Gasteiger partial charge in [0, 0.05) is 31.4 Å². The fourth-order valence-corrected chi connectivity index (χ4v) is 2.95. The number of nitrogens with one attached hydrogen (secondary N) is 2. The Morgan fingerprint density at radius 3 is 2.55 bits per heavy atom. The zero-order chi connectivity index (χ0) is 19.9. The van der Waals surface area contributed by atoms with Crippen LogP contribution >= 0.6 is 24.0 Å². The number of aliphatic imine (C=N–C) groups is 1. The molecule has 0 bridgehead atoms. The van der Waals surface area contributed by atoms with E-state index in [-0.39, 0.29) is 24.0 Å². The number of guanidine groups is 1. The summed E-state index contributed by atoms with van der Waals surface area (Å²) in [5.74, 6) is 1.37. The van der Waals surface area contributed by atoms with E-state index >= 15 is 0 Å². The zero-order valence-corrected chi connectivity index (χ0v) is 19.7. The summed E-state index contributed by atoms with van der Waals surface area (Å²) in [4.78, 5) is 8.80. The molecule has 0 saturated carbocycles. The van der Waals surface area contributed by atoms with Gasteiger partial charge in [-0.25, -0.2) is 4.98 Å².